The van der Waals surface area contributed by atoms with Crippen LogP contribution in [0.15, 0.2) is 23.1 Å². The zero-order chi connectivity index (χ0) is 14.8. The molecular formula is C13H16FNO4S. The minimum atomic E-state index is -4.21. The number of benzene rings is 1. The lowest BCUT2D eigenvalue weighted by Gasteiger charge is -2.21. The molecule has 7 heteroatoms. The molecule has 0 aromatic heterocycles. The molecule has 0 spiro atoms. The maximum absolute atomic E-state index is 13.4. The molecule has 110 valence electrons. The maximum atomic E-state index is 13.4. The van der Waals surface area contributed by atoms with Crippen LogP contribution in [0.1, 0.15) is 42.5 Å². The highest BCUT2D eigenvalue weighted by molar-refractivity contribution is 7.89. The van der Waals surface area contributed by atoms with Gasteiger partial charge in [0, 0.05) is 0 Å². The van der Waals surface area contributed by atoms with Crippen molar-refractivity contribution in [3.05, 3.63) is 29.6 Å². The highest BCUT2D eigenvalue weighted by Gasteiger charge is 2.21. The summed E-state index contributed by atoms with van der Waals surface area (Å²) in [6.07, 6.45) is 4.58. The van der Waals surface area contributed by atoms with E-state index in [-0.39, 0.29) is 11.7 Å². The van der Waals surface area contributed by atoms with Gasteiger partial charge in [0.2, 0.25) is 10.0 Å². The predicted octanol–water partition coefficient (Wildman–Crippen LogP) is 1.96. The number of ether oxygens (including phenoxy) is 1. The Hall–Kier alpha value is -1.47. The number of hydrogen-bond acceptors (Lipinski definition) is 4. The largest absolute Gasteiger partial charge is 0.459 e. The van der Waals surface area contributed by atoms with Gasteiger partial charge in [-0.3, -0.25) is 0 Å². The molecule has 0 unspecified atom stereocenters. The summed E-state index contributed by atoms with van der Waals surface area (Å²) in [6.45, 7) is 0. The lowest BCUT2D eigenvalue weighted by molar-refractivity contribution is 0.0211. The van der Waals surface area contributed by atoms with E-state index in [0.29, 0.717) is 0 Å². The van der Waals surface area contributed by atoms with E-state index in [4.69, 9.17) is 9.88 Å². The third-order valence-electron chi connectivity index (χ3n) is 3.30. The first kappa shape index (κ1) is 14.9. The fourth-order valence-electron chi connectivity index (χ4n) is 2.25. The monoisotopic (exact) mass is 301 g/mol. The second-order valence-electron chi connectivity index (χ2n) is 4.86. The number of nitrogens with two attached hydrogens (primary N) is 1. The summed E-state index contributed by atoms with van der Waals surface area (Å²) >= 11 is 0. The Kier molecular flexibility index (Phi) is 4.39. The van der Waals surface area contributed by atoms with E-state index in [0.717, 1.165) is 44.2 Å². The van der Waals surface area contributed by atoms with Crippen molar-refractivity contribution in [2.45, 2.75) is 43.1 Å². The number of halogens is 1. The van der Waals surface area contributed by atoms with E-state index in [1.54, 1.807) is 0 Å². The topological polar surface area (TPSA) is 86.5 Å². The van der Waals surface area contributed by atoms with Crippen molar-refractivity contribution in [3.8, 4) is 0 Å². The van der Waals surface area contributed by atoms with Gasteiger partial charge in [-0.05, 0) is 43.9 Å². The second kappa shape index (κ2) is 5.88. The Morgan fingerprint density at radius 2 is 1.90 bits per heavy atom. The van der Waals surface area contributed by atoms with E-state index in [1.807, 2.05) is 0 Å². The molecule has 2 N–H and O–H groups in total. The lowest BCUT2D eigenvalue weighted by atomic mass is 9.98. The van der Waals surface area contributed by atoms with Crippen LogP contribution < -0.4 is 5.14 Å². The summed E-state index contributed by atoms with van der Waals surface area (Å²) in [6, 6.07) is 3.00. The predicted molar refractivity (Wildman–Crippen MR) is 70.1 cm³/mol. The third-order valence-corrected chi connectivity index (χ3v) is 4.23. The maximum Gasteiger partial charge on any atom is 0.338 e. The molecule has 0 radical (unpaired) electrons. The van der Waals surface area contributed by atoms with Crippen molar-refractivity contribution in [1.29, 1.82) is 0 Å². The molecular weight excluding hydrogens is 285 g/mol. The van der Waals surface area contributed by atoms with E-state index >= 15 is 0 Å². The van der Waals surface area contributed by atoms with Crippen LogP contribution in [0.2, 0.25) is 0 Å². The van der Waals surface area contributed by atoms with Crippen LogP contribution in [-0.4, -0.2) is 20.5 Å². The summed E-state index contributed by atoms with van der Waals surface area (Å²) in [4.78, 5) is 11.2. The molecule has 1 saturated carbocycles. The average Bonchev–Trinajstić information content (AvgIpc) is 2.39. The normalized spacial score (nSPS) is 16.9. The molecule has 0 aliphatic heterocycles. The highest BCUT2D eigenvalue weighted by Crippen LogP contribution is 2.22. The molecule has 1 aliphatic carbocycles. The minimum absolute atomic E-state index is 0.0130. The van der Waals surface area contributed by atoms with Crippen LogP contribution in [0.25, 0.3) is 0 Å². The smallest absolute Gasteiger partial charge is 0.338 e. The Labute approximate surface area is 117 Å². The van der Waals surface area contributed by atoms with Gasteiger partial charge >= 0.3 is 5.97 Å². The summed E-state index contributed by atoms with van der Waals surface area (Å²) in [5, 5.41) is 4.89. The van der Waals surface area contributed by atoms with Gasteiger partial charge < -0.3 is 4.74 Å². The molecule has 1 fully saturated rings. The van der Waals surface area contributed by atoms with Crippen molar-refractivity contribution < 1.29 is 22.3 Å². The fraction of sp³-hybridized carbons (Fsp3) is 0.462. The van der Waals surface area contributed by atoms with E-state index in [9.17, 15) is 17.6 Å². The van der Waals surface area contributed by atoms with Crippen molar-refractivity contribution >= 4 is 16.0 Å². The van der Waals surface area contributed by atoms with E-state index < -0.39 is 26.7 Å². The Morgan fingerprint density at radius 3 is 2.50 bits per heavy atom. The van der Waals surface area contributed by atoms with Crippen LogP contribution in [0.3, 0.4) is 0 Å². The average molecular weight is 301 g/mol. The summed E-state index contributed by atoms with van der Waals surface area (Å²) in [5.41, 5.74) is -0.0130. The number of hydrogen-bond donors (Lipinski definition) is 1. The van der Waals surface area contributed by atoms with Gasteiger partial charge in [0.15, 0.2) is 0 Å². The molecule has 0 bridgehead atoms. The van der Waals surface area contributed by atoms with Gasteiger partial charge in [0.05, 0.1) is 5.56 Å². The zero-order valence-electron chi connectivity index (χ0n) is 10.8. The molecule has 20 heavy (non-hydrogen) atoms. The van der Waals surface area contributed by atoms with Crippen LogP contribution >= 0.6 is 0 Å². The van der Waals surface area contributed by atoms with E-state index in [1.165, 1.54) is 6.07 Å². The fourth-order valence-corrected chi connectivity index (χ4v) is 2.88. The van der Waals surface area contributed by atoms with Crippen LogP contribution in [-0.2, 0) is 14.8 Å². The van der Waals surface area contributed by atoms with Gasteiger partial charge in [0.25, 0.3) is 0 Å². The first-order valence-electron chi connectivity index (χ1n) is 6.41. The number of carbonyl (C=O) groups excluding carboxylic acids is 1. The van der Waals surface area contributed by atoms with Gasteiger partial charge in [0.1, 0.15) is 16.8 Å². The minimum Gasteiger partial charge on any atom is -0.459 e. The van der Waals surface area contributed by atoms with Crippen molar-refractivity contribution in [3.63, 3.8) is 0 Å². The number of carbonyl (C=O) groups is 1. The molecule has 2 rings (SSSR count). The Balaban J connectivity index is 2.18. The van der Waals surface area contributed by atoms with Crippen molar-refractivity contribution in [2.75, 3.05) is 0 Å². The highest BCUT2D eigenvalue weighted by atomic mass is 32.2. The number of primary sulfonamides is 1. The number of rotatable bonds is 3. The van der Waals surface area contributed by atoms with Gasteiger partial charge in [-0.1, -0.05) is 6.42 Å². The van der Waals surface area contributed by atoms with E-state index in [2.05, 4.69) is 0 Å². The van der Waals surface area contributed by atoms with Gasteiger partial charge in [-0.25, -0.2) is 22.7 Å². The molecule has 0 atom stereocenters. The number of esters is 1. The first-order chi connectivity index (χ1) is 9.38. The molecule has 0 heterocycles. The Morgan fingerprint density at radius 1 is 1.25 bits per heavy atom. The summed E-state index contributed by atoms with van der Waals surface area (Å²) in [7, 11) is -4.21. The first-order valence-corrected chi connectivity index (χ1v) is 7.96. The third kappa shape index (κ3) is 3.55. The molecule has 1 aromatic rings. The quantitative estimate of drug-likeness (QED) is 0.865. The molecule has 5 nitrogen and oxygen atoms in total. The van der Waals surface area contributed by atoms with Crippen molar-refractivity contribution in [2.24, 2.45) is 5.14 Å². The van der Waals surface area contributed by atoms with Crippen LogP contribution in [0.4, 0.5) is 4.39 Å². The molecule has 0 amide bonds. The van der Waals surface area contributed by atoms with Crippen molar-refractivity contribution in [1.82, 2.24) is 0 Å². The van der Waals surface area contributed by atoms with Gasteiger partial charge in [-0.2, -0.15) is 0 Å². The standard InChI is InChI=1S/C13H16FNO4S/c14-11-7-6-9(8-12(11)20(15,17)18)13(16)19-10-4-2-1-3-5-10/h6-8,10H,1-5H2,(H2,15,17,18). The Bertz CT molecular complexity index is 609. The molecule has 1 aromatic carbocycles. The van der Waals surface area contributed by atoms with Crippen LogP contribution in [0, 0.1) is 5.82 Å². The number of sulfonamides is 1. The van der Waals surface area contributed by atoms with Gasteiger partial charge in [-0.15, -0.1) is 0 Å². The molecule has 1 aliphatic rings. The summed E-state index contributed by atoms with van der Waals surface area (Å²) < 4.78 is 41.1. The lowest BCUT2D eigenvalue weighted by Crippen LogP contribution is -2.21. The zero-order valence-corrected chi connectivity index (χ0v) is 11.7. The molecule has 0 saturated heterocycles. The summed E-state index contributed by atoms with van der Waals surface area (Å²) in [5.74, 6) is -1.64. The second-order valence-corrected chi connectivity index (χ2v) is 6.39. The SMILES string of the molecule is NS(=O)(=O)c1cc(C(=O)OC2CCCCC2)ccc1F. The van der Waals surface area contributed by atoms with Crippen LogP contribution in [0.5, 0.6) is 0 Å².